The summed E-state index contributed by atoms with van der Waals surface area (Å²) in [7, 11) is -2.86. The average molecular weight is 516 g/mol. The van der Waals surface area contributed by atoms with Gasteiger partial charge in [-0.1, -0.05) is 45.7 Å². The molecule has 0 heterocycles. The molecule has 0 aromatic heterocycles. The van der Waals surface area contributed by atoms with Crippen LogP contribution in [0.1, 0.15) is 64.9 Å². The van der Waals surface area contributed by atoms with Crippen LogP contribution < -0.4 is 15.4 Å². The van der Waals surface area contributed by atoms with Crippen LogP contribution in [0.2, 0.25) is 0 Å². The molecule has 2 amide bonds. The summed E-state index contributed by atoms with van der Waals surface area (Å²) in [5.41, 5.74) is 1.43. The third-order valence-electron chi connectivity index (χ3n) is 5.19. The lowest BCUT2D eigenvalue weighted by molar-refractivity contribution is -0.126. The van der Waals surface area contributed by atoms with Gasteiger partial charge in [-0.3, -0.25) is 20.5 Å². The van der Waals surface area contributed by atoms with E-state index >= 15 is 0 Å². The number of carbonyl (C=O) groups is 2. The largest absolute Gasteiger partial charge is 0.755 e. The molecule has 0 spiro atoms. The van der Waals surface area contributed by atoms with Crippen LogP contribution in [0.15, 0.2) is 24.3 Å². The molecule has 2 unspecified atom stereocenters. The molecule has 9 nitrogen and oxygen atoms in total. The van der Waals surface area contributed by atoms with Crippen molar-refractivity contribution in [1.82, 2.24) is 10.6 Å². The summed E-state index contributed by atoms with van der Waals surface area (Å²) >= 11 is -2.36. The molecule has 11 heteroatoms. The fourth-order valence-corrected chi connectivity index (χ4v) is 3.94. The summed E-state index contributed by atoms with van der Waals surface area (Å²) in [6, 6.07) is 6.87. The Hall–Kier alpha value is -1.74. The second-order valence-corrected chi connectivity index (χ2v) is 12.7. The fourth-order valence-electron chi connectivity index (χ4n) is 2.80. The third-order valence-corrected chi connectivity index (χ3v) is 8.23. The van der Waals surface area contributed by atoms with Crippen LogP contribution in [0.5, 0.6) is 0 Å². The van der Waals surface area contributed by atoms with E-state index < -0.39 is 23.8 Å². The van der Waals surface area contributed by atoms with E-state index in [4.69, 9.17) is 4.52 Å². The van der Waals surface area contributed by atoms with Gasteiger partial charge in [-0.15, -0.1) is 0 Å². The van der Waals surface area contributed by atoms with Gasteiger partial charge < -0.3 is 29.0 Å². The first-order chi connectivity index (χ1) is 15.9. The zero-order valence-electron chi connectivity index (χ0n) is 20.4. The van der Waals surface area contributed by atoms with E-state index in [0.717, 1.165) is 31.2 Å². The number of amides is 2. The Morgan fingerprint density at radius 1 is 1.00 bits per heavy atom. The van der Waals surface area contributed by atoms with Gasteiger partial charge in [-0.2, -0.15) is 0 Å². The normalized spacial score (nSPS) is 14.1. The summed E-state index contributed by atoms with van der Waals surface area (Å²) < 4.78 is 41.2. The Kier molecular flexibility index (Phi) is 13.6. The Balaban J connectivity index is 2.04. The predicted molar refractivity (Wildman–Crippen MR) is 135 cm³/mol. The third kappa shape index (κ3) is 13.2. The van der Waals surface area contributed by atoms with Gasteiger partial charge in [0.2, 0.25) is 11.8 Å². The highest BCUT2D eigenvalue weighted by molar-refractivity contribution is 7.80. The molecule has 3 N–H and O–H groups in total. The van der Waals surface area contributed by atoms with Crippen molar-refractivity contribution in [3.8, 4) is 0 Å². The highest BCUT2D eigenvalue weighted by atomic mass is 32.2. The van der Waals surface area contributed by atoms with Gasteiger partial charge in [-0.05, 0) is 37.0 Å². The number of hydrogen-bond donors (Lipinski definition) is 3. The molecular formula is C23H38N3O6PS-2. The smallest absolute Gasteiger partial charge is 0.220 e. The molecule has 34 heavy (non-hydrogen) atoms. The summed E-state index contributed by atoms with van der Waals surface area (Å²) in [6.07, 6.45) is 4.33. The molecule has 0 saturated carbocycles. The molecule has 0 saturated heterocycles. The lowest BCUT2D eigenvalue weighted by Crippen LogP contribution is -2.29. The number of anilines is 1. The first-order valence-electron chi connectivity index (χ1n) is 11.5. The summed E-state index contributed by atoms with van der Waals surface area (Å²) in [6.45, 7) is 10.7. The van der Waals surface area contributed by atoms with Crippen LogP contribution >= 0.6 is 7.37 Å². The van der Waals surface area contributed by atoms with Crippen molar-refractivity contribution in [1.29, 1.82) is 0 Å². The number of rotatable bonds is 16. The molecule has 0 aliphatic rings. The molecule has 0 aliphatic heterocycles. The fraction of sp³-hybridized carbons (Fsp3) is 0.609. The second kappa shape index (κ2) is 15.3. The van der Waals surface area contributed by atoms with E-state index in [1.165, 1.54) is 0 Å². The van der Waals surface area contributed by atoms with Crippen LogP contribution in [0.3, 0.4) is 0 Å². The zero-order chi connectivity index (χ0) is 25.6. The maximum absolute atomic E-state index is 12.3. The van der Waals surface area contributed by atoms with E-state index in [1.807, 2.05) is 20.8 Å². The van der Waals surface area contributed by atoms with Crippen molar-refractivity contribution >= 4 is 36.1 Å². The summed E-state index contributed by atoms with van der Waals surface area (Å²) in [5, 5.41) is 5.14. The van der Waals surface area contributed by atoms with Gasteiger partial charge in [0, 0.05) is 48.0 Å². The summed E-state index contributed by atoms with van der Waals surface area (Å²) in [4.78, 5) is 23.8. The Morgan fingerprint density at radius 3 is 2.12 bits per heavy atom. The van der Waals surface area contributed by atoms with Gasteiger partial charge in [-0.25, -0.2) is 0 Å². The average Bonchev–Trinajstić information content (AvgIpc) is 2.74. The van der Waals surface area contributed by atoms with E-state index in [9.17, 15) is 22.9 Å². The number of unbranched alkanes of at least 4 members (excludes halogenated alkanes) is 3. The first kappa shape index (κ1) is 30.3. The quantitative estimate of drug-likeness (QED) is 0.132. The van der Waals surface area contributed by atoms with Gasteiger partial charge in [0.25, 0.3) is 0 Å². The minimum atomic E-state index is -2.86. The Labute approximate surface area is 206 Å². The lowest BCUT2D eigenvalue weighted by Gasteiger charge is -2.33. The molecule has 1 aromatic rings. The molecule has 194 valence electrons. The topological polar surface area (TPSA) is 137 Å². The van der Waals surface area contributed by atoms with Gasteiger partial charge in [0.1, 0.15) is 0 Å². The molecular weight excluding hydrogens is 477 g/mol. The molecule has 0 radical (unpaired) electrons. The highest BCUT2D eigenvalue weighted by Gasteiger charge is 2.25. The Morgan fingerprint density at radius 2 is 1.56 bits per heavy atom. The standard InChI is InChI=1S/C23H39N3O6PS/c1-23(2,3)33(4,29)32-18-8-6-5-7-16-24-21(27)13-14-22(28)25-17-15-19-9-11-20(12-10-19)26-34(30)31/h9-12,26H,4-8,13-18H2,1-3H3,(H,24,27)(H,25,28)(H,30,31)/q-1/p-1. The van der Waals surface area contributed by atoms with Crippen molar-refractivity contribution in [3.63, 3.8) is 0 Å². The van der Waals surface area contributed by atoms with Crippen molar-refractivity contribution in [3.05, 3.63) is 36.5 Å². The van der Waals surface area contributed by atoms with Gasteiger partial charge in [0.05, 0.1) is 14.0 Å². The summed E-state index contributed by atoms with van der Waals surface area (Å²) in [5.74, 6) is -0.339. The number of carbonyl (C=O) groups excluding carboxylic acids is 2. The molecule has 1 aromatic carbocycles. The second-order valence-electron chi connectivity index (χ2n) is 9.08. The van der Waals surface area contributed by atoms with Crippen LogP contribution in [-0.2, 0) is 36.4 Å². The maximum Gasteiger partial charge on any atom is 0.220 e. The van der Waals surface area contributed by atoms with E-state index in [0.29, 0.717) is 31.8 Å². The van der Waals surface area contributed by atoms with E-state index in [-0.39, 0.29) is 24.7 Å². The minimum absolute atomic E-state index is 0.125. The van der Waals surface area contributed by atoms with Crippen molar-refractivity contribution in [2.75, 3.05) is 24.4 Å². The maximum atomic E-state index is 12.3. The first-order valence-corrected chi connectivity index (χ1v) is 14.4. The predicted octanol–water partition coefficient (Wildman–Crippen LogP) is 3.89. The van der Waals surface area contributed by atoms with Crippen LogP contribution in [0.4, 0.5) is 5.69 Å². The molecule has 1 rings (SSSR count). The van der Waals surface area contributed by atoms with E-state index in [1.54, 1.807) is 24.3 Å². The van der Waals surface area contributed by atoms with Crippen molar-refractivity contribution in [2.45, 2.75) is 70.9 Å². The SMILES string of the molecule is [CH2-]P(=O)(OCCCCCCNC(=O)CCC(=O)NCCc1ccc(NS(=O)[O-])cc1)C(C)(C)C. The van der Waals surface area contributed by atoms with Gasteiger partial charge >= 0.3 is 0 Å². The van der Waals surface area contributed by atoms with Crippen molar-refractivity contribution < 1.29 is 27.4 Å². The molecule has 2 atom stereocenters. The molecule has 0 fully saturated rings. The number of nitrogens with one attached hydrogen (secondary N) is 3. The lowest BCUT2D eigenvalue weighted by atomic mass is 10.1. The Bertz CT molecular complexity index is 842. The molecule has 0 bridgehead atoms. The van der Waals surface area contributed by atoms with Gasteiger partial charge in [0.15, 0.2) is 0 Å². The monoisotopic (exact) mass is 515 g/mol. The minimum Gasteiger partial charge on any atom is -0.755 e. The van der Waals surface area contributed by atoms with Crippen LogP contribution in [0.25, 0.3) is 0 Å². The number of benzene rings is 1. The zero-order valence-corrected chi connectivity index (χ0v) is 22.1. The van der Waals surface area contributed by atoms with Crippen LogP contribution in [-0.4, -0.2) is 45.4 Å². The van der Waals surface area contributed by atoms with E-state index in [2.05, 4.69) is 22.0 Å². The van der Waals surface area contributed by atoms with Crippen molar-refractivity contribution in [2.24, 2.45) is 0 Å². The number of hydrogen-bond acceptors (Lipinski definition) is 6. The van der Waals surface area contributed by atoms with Crippen LogP contribution in [0, 0.1) is 6.66 Å². The molecule has 0 aliphatic carbocycles. The highest BCUT2D eigenvalue weighted by Crippen LogP contribution is 2.57.